The van der Waals surface area contributed by atoms with Gasteiger partial charge in [-0.2, -0.15) is 0 Å². The molecule has 1 aliphatic heterocycles. The molecule has 22 heavy (non-hydrogen) atoms. The predicted molar refractivity (Wildman–Crippen MR) is 89.9 cm³/mol. The molecule has 122 valence electrons. The average molecular weight is 420 g/mol. The van der Waals surface area contributed by atoms with Crippen LogP contribution in [0.1, 0.15) is 39.0 Å². The van der Waals surface area contributed by atoms with Gasteiger partial charge in [-0.25, -0.2) is 9.59 Å². The maximum atomic E-state index is 12.2. The molecule has 0 saturated carbocycles. The van der Waals surface area contributed by atoms with E-state index in [0.29, 0.717) is 26.1 Å². The second-order valence-electron chi connectivity index (χ2n) is 6.12. The molecule has 0 aliphatic carbocycles. The van der Waals surface area contributed by atoms with Gasteiger partial charge in [-0.15, -0.1) is 0 Å². The van der Waals surface area contributed by atoms with Gasteiger partial charge in [0.15, 0.2) is 0 Å². The van der Waals surface area contributed by atoms with Crippen LogP contribution in [0.4, 0.5) is 9.59 Å². The maximum Gasteiger partial charge on any atom is 0.418 e. The first-order chi connectivity index (χ1) is 10.2. The molecule has 0 unspecified atom stereocenters. The SMILES string of the molecule is CCOC(=O)n1cc(I)c2c1CCN(C(=O)OC(C)(C)C)C2. The highest BCUT2D eigenvalue weighted by Gasteiger charge is 2.30. The molecule has 0 atom stereocenters. The van der Waals surface area contributed by atoms with E-state index in [1.165, 1.54) is 0 Å². The molecule has 0 N–H and O–H groups in total. The molecule has 1 amide bonds. The zero-order valence-electron chi connectivity index (χ0n) is 13.3. The molecule has 1 aliphatic rings. The molecule has 0 bridgehead atoms. The van der Waals surface area contributed by atoms with Crippen LogP contribution in [0.25, 0.3) is 0 Å². The molecule has 0 saturated heterocycles. The highest BCUT2D eigenvalue weighted by molar-refractivity contribution is 14.1. The average Bonchev–Trinajstić information content (AvgIpc) is 2.74. The Morgan fingerprint density at radius 1 is 1.32 bits per heavy atom. The summed E-state index contributed by atoms with van der Waals surface area (Å²) in [4.78, 5) is 25.8. The van der Waals surface area contributed by atoms with Crippen LogP contribution >= 0.6 is 22.6 Å². The third kappa shape index (κ3) is 3.74. The number of amides is 1. The van der Waals surface area contributed by atoms with Gasteiger partial charge in [0.05, 0.1) is 13.2 Å². The summed E-state index contributed by atoms with van der Waals surface area (Å²) in [6, 6.07) is 0. The van der Waals surface area contributed by atoms with E-state index in [-0.39, 0.29) is 12.2 Å². The third-order valence-electron chi connectivity index (χ3n) is 3.25. The first-order valence-corrected chi connectivity index (χ1v) is 8.34. The minimum Gasteiger partial charge on any atom is -0.449 e. The Labute approximate surface area is 143 Å². The molecule has 2 rings (SSSR count). The predicted octanol–water partition coefficient (Wildman–Crippen LogP) is 3.39. The van der Waals surface area contributed by atoms with Crippen molar-refractivity contribution < 1.29 is 19.1 Å². The fraction of sp³-hybridized carbons (Fsp3) is 0.600. The smallest absolute Gasteiger partial charge is 0.418 e. The standard InChI is InChI=1S/C15H21IN2O4/c1-5-21-14(20)18-9-11(16)10-8-17(7-6-12(10)18)13(19)22-15(2,3)4/h9H,5-8H2,1-4H3. The monoisotopic (exact) mass is 420 g/mol. The van der Waals surface area contributed by atoms with Crippen LogP contribution < -0.4 is 0 Å². The van der Waals surface area contributed by atoms with Crippen molar-refractivity contribution in [2.24, 2.45) is 0 Å². The van der Waals surface area contributed by atoms with Gasteiger partial charge in [-0.1, -0.05) is 0 Å². The Kier molecular flexibility index (Phi) is 5.03. The molecule has 0 spiro atoms. The lowest BCUT2D eigenvalue weighted by Gasteiger charge is -2.30. The van der Waals surface area contributed by atoms with Crippen molar-refractivity contribution in [3.05, 3.63) is 21.0 Å². The van der Waals surface area contributed by atoms with Crippen molar-refractivity contribution >= 4 is 34.8 Å². The van der Waals surface area contributed by atoms with E-state index in [4.69, 9.17) is 9.47 Å². The highest BCUT2D eigenvalue weighted by Crippen LogP contribution is 2.27. The summed E-state index contributed by atoms with van der Waals surface area (Å²) in [7, 11) is 0. The molecule has 1 aromatic rings. The Hall–Kier alpha value is -1.25. The topological polar surface area (TPSA) is 60.8 Å². The lowest BCUT2D eigenvalue weighted by atomic mass is 10.1. The quantitative estimate of drug-likeness (QED) is 0.654. The zero-order valence-corrected chi connectivity index (χ0v) is 15.5. The van der Waals surface area contributed by atoms with E-state index >= 15 is 0 Å². The molecule has 0 radical (unpaired) electrons. The van der Waals surface area contributed by atoms with Crippen LogP contribution in [0.3, 0.4) is 0 Å². The Morgan fingerprint density at radius 3 is 2.59 bits per heavy atom. The van der Waals surface area contributed by atoms with Crippen LogP contribution in [0.2, 0.25) is 0 Å². The van der Waals surface area contributed by atoms with Crippen LogP contribution in [0.15, 0.2) is 6.20 Å². The highest BCUT2D eigenvalue weighted by atomic mass is 127. The number of carbonyl (C=O) groups excluding carboxylic acids is 2. The summed E-state index contributed by atoms with van der Waals surface area (Å²) in [5.74, 6) is 0. The van der Waals surface area contributed by atoms with E-state index in [1.807, 2.05) is 20.8 Å². The lowest BCUT2D eigenvalue weighted by molar-refractivity contribution is 0.0222. The minimum atomic E-state index is -0.513. The lowest BCUT2D eigenvalue weighted by Crippen LogP contribution is -2.40. The summed E-state index contributed by atoms with van der Waals surface area (Å²) < 4.78 is 13.0. The van der Waals surface area contributed by atoms with Crippen LogP contribution in [-0.2, 0) is 22.4 Å². The largest absolute Gasteiger partial charge is 0.449 e. The van der Waals surface area contributed by atoms with Gasteiger partial charge in [-0.3, -0.25) is 4.57 Å². The van der Waals surface area contributed by atoms with Gasteiger partial charge in [0, 0.05) is 34.0 Å². The number of carbonyl (C=O) groups is 2. The zero-order chi connectivity index (χ0) is 16.5. The van der Waals surface area contributed by atoms with E-state index < -0.39 is 5.60 Å². The number of fused-ring (bicyclic) bond motifs is 1. The van der Waals surface area contributed by atoms with Gasteiger partial charge in [0.25, 0.3) is 0 Å². The van der Waals surface area contributed by atoms with E-state index in [0.717, 1.165) is 14.8 Å². The van der Waals surface area contributed by atoms with Crippen LogP contribution in [-0.4, -0.2) is 40.4 Å². The number of ether oxygens (including phenoxy) is 2. The first-order valence-electron chi connectivity index (χ1n) is 7.26. The number of hydrogen-bond donors (Lipinski definition) is 0. The summed E-state index contributed by atoms with van der Waals surface area (Å²) >= 11 is 2.18. The van der Waals surface area contributed by atoms with Gasteiger partial charge in [-0.05, 0) is 50.3 Å². The van der Waals surface area contributed by atoms with Gasteiger partial charge in [0.2, 0.25) is 0 Å². The number of rotatable bonds is 1. The summed E-state index contributed by atoms with van der Waals surface area (Å²) in [5.41, 5.74) is 1.40. The van der Waals surface area contributed by atoms with Crippen molar-refractivity contribution in [3.63, 3.8) is 0 Å². The fourth-order valence-electron chi connectivity index (χ4n) is 2.34. The van der Waals surface area contributed by atoms with Crippen molar-refractivity contribution in [3.8, 4) is 0 Å². The number of halogens is 1. The van der Waals surface area contributed by atoms with Crippen molar-refractivity contribution in [2.75, 3.05) is 13.2 Å². The Bertz CT molecular complexity index is 589. The number of hydrogen-bond acceptors (Lipinski definition) is 4. The van der Waals surface area contributed by atoms with Crippen molar-refractivity contribution in [1.82, 2.24) is 9.47 Å². The maximum absolute atomic E-state index is 12.2. The second kappa shape index (κ2) is 6.47. The van der Waals surface area contributed by atoms with Crippen LogP contribution in [0, 0.1) is 3.57 Å². The Balaban J connectivity index is 2.18. The molecule has 7 heteroatoms. The summed E-state index contributed by atoms with van der Waals surface area (Å²) in [6.07, 6.45) is 1.68. The number of aromatic nitrogens is 1. The molecular formula is C15H21IN2O4. The molecule has 1 aromatic heterocycles. The molecule has 0 aromatic carbocycles. The van der Waals surface area contributed by atoms with Crippen LogP contribution in [0.5, 0.6) is 0 Å². The summed E-state index contributed by atoms with van der Waals surface area (Å²) in [5, 5.41) is 0. The third-order valence-corrected chi connectivity index (χ3v) is 4.18. The van der Waals surface area contributed by atoms with E-state index in [1.54, 1.807) is 22.6 Å². The normalized spacial score (nSPS) is 14.5. The molecule has 0 fully saturated rings. The van der Waals surface area contributed by atoms with E-state index in [2.05, 4.69) is 22.6 Å². The van der Waals surface area contributed by atoms with Crippen molar-refractivity contribution in [2.45, 2.75) is 46.3 Å². The first kappa shape index (κ1) is 17.1. The summed E-state index contributed by atoms with van der Waals surface area (Å²) in [6.45, 7) is 8.65. The number of nitrogens with zero attached hydrogens (tertiary/aromatic N) is 2. The van der Waals surface area contributed by atoms with Gasteiger partial charge < -0.3 is 14.4 Å². The second-order valence-corrected chi connectivity index (χ2v) is 7.29. The van der Waals surface area contributed by atoms with E-state index in [9.17, 15) is 9.59 Å². The molecule has 2 heterocycles. The van der Waals surface area contributed by atoms with Gasteiger partial charge >= 0.3 is 12.2 Å². The fourth-order valence-corrected chi connectivity index (χ4v) is 3.10. The van der Waals surface area contributed by atoms with Gasteiger partial charge in [0.1, 0.15) is 5.60 Å². The minimum absolute atomic E-state index is 0.321. The Morgan fingerprint density at radius 2 is 2.00 bits per heavy atom. The van der Waals surface area contributed by atoms with Crippen molar-refractivity contribution in [1.29, 1.82) is 0 Å². The molecular weight excluding hydrogens is 399 g/mol. The molecule has 6 nitrogen and oxygen atoms in total.